The van der Waals surface area contributed by atoms with Gasteiger partial charge in [0.05, 0.1) is 11.4 Å². The van der Waals surface area contributed by atoms with Gasteiger partial charge in [0.15, 0.2) is 6.61 Å². The van der Waals surface area contributed by atoms with Crippen LogP contribution in [0.1, 0.15) is 29.6 Å². The molecular weight excluding hydrogens is 457 g/mol. The van der Waals surface area contributed by atoms with Gasteiger partial charge in [0, 0.05) is 22.2 Å². The molecule has 1 fully saturated rings. The third-order valence-electron chi connectivity index (χ3n) is 4.44. The largest absolute Gasteiger partial charge is 0.484 e. The predicted molar refractivity (Wildman–Crippen MR) is 114 cm³/mol. The van der Waals surface area contributed by atoms with Crippen molar-refractivity contribution in [1.82, 2.24) is 0 Å². The predicted octanol–water partition coefficient (Wildman–Crippen LogP) is 3.40. The van der Waals surface area contributed by atoms with E-state index in [1.807, 2.05) is 30.3 Å². The first-order valence-electron chi connectivity index (χ1n) is 8.90. The molecule has 6 nitrogen and oxygen atoms in total. The van der Waals surface area contributed by atoms with E-state index in [0.717, 1.165) is 35.2 Å². The van der Waals surface area contributed by atoms with Crippen molar-refractivity contribution in [1.29, 1.82) is 0 Å². The Morgan fingerprint density at radius 2 is 1.78 bits per heavy atom. The lowest BCUT2D eigenvalue weighted by atomic mass is 10.1. The van der Waals surface area contributed by atoms with Crippen molar-refractivity contribution in [2.45, 2.75) is 19.3 Å². The first-order chi connectivity index (χ1) is 13.0. The fourth-order valence-corrected chi connectivity index (χ4v) is 3.43. The number of carbonyl (C=O) groups excluding carboxylic acids is 2. The first-order valence-corrected chi connectivity index (χ1v) is 9.98. The number of amides is 2. The van der Waals surface area contributed by atoms with Crippen LogP contribution in [0.4, 0.5) is 11.4 Å². The van der Waals surface area contributed by atoms with Gasteiger partial charge < -0.3 is 20.7 Å². The molecule has 1 heterocycles. The van der Waals surface area contributed by atoms with Crippen molar-refractivity contribution in [2.75, 3.05) is 29.9 Å². The Labute approximate surface area is 172 Å². The molecule has 1 aliphatic rings. The molecule has 0 bridgehead atoms. The van der Waals surface area contributed by atoms with Crippen LogP contribution in [0.2, 0.25) is 0 Å². The quantitative estimate of drug-likeness (QED) is 0.623. The van der Waals surface area contributed by atoms with Gasteiger partial charge in [-0.2, -0.15) is 0 Å². The Morgan fingerprint density at radius 1 is 1.07 bits per heavy atom. The molecule has 0 aromatic heterocycles. The number of anilines is 2. The number of ether oxygens (including phenoxy) is 1. The third-order valence-corrected chi connectivity index (χ3v) is 5.15. The highest BCUT2D eigenvalue weighted by Gasteiger charge is 2.17. The summed E-state index contributed by atoms with van der Waals surface area (Å²) in [5, 5.41) is 2.87. The van der Waals surface area contributed by atoms with Crippen LogP contribution in [0.5, 0.6) is 5.75 Å². The summed E-state index contributed by atoms with van der Waals surface area (Å²) in [5.74, 6) is -0.174. The van der Waals surface area contributed by atoms with Crippen LogP contribution in [0.25, 0.3) is 0 Å². The average molecular weight is 479 g/mol. The fraction of sp³-hybridized carbons (Fsp3) is 0.300. The summed E-state index contributed by atoms with van der Waals surface area (Å²) < 4.78 is 6.63. The van der Waals surface area contributed by atoms with E-state index >= 15 is 0 Å². The molecule has 142 valence electrons. The minimum atomic E-state index is -0.522. The highest BCUT2D eigenvalue weighted by molar-refractivity contribution is 14.1. The molecule has 1 saturated heterocycles. The summed E-state index contributed by atoms with van der Waals surface area (Å²) in [6.07, 6.45) is 3.43. The first kappa shape index (κ1) is 19.5. The molecule has 0 unspecified atom stereocenters. The second kappa shape index (κ2) is 9.07. The lowest BCUT2D eigenvalue weighted by Crippen LogP contribution is -2.31. The van der Waals surface area contributed by atoms with E-state index in [4.69, 9.17) is 10.5 Å². The highest BCUT2D eigenvalue weighted by atomic mass is 127. The summed E-state index contributed by atoms with van der Waals surface area (Å²) in [5.41, 5.74) is 7.26. The van der Waals surface area contributed by atoms with Gasteiger partial charge >= 0.3 is 0 Å². The number of nitrogens with zero attached hydrogens (tertiary/aromatic N) is 1. The molecule has 2 aromatic carbocycles. The number of piperidine rings is 1. The number of benzene rings is 2. The molecule has 0 atom stereocenters. The molecule has 0 saturated carbocycles. The second-order valence-corrected chi connectivity index (χ2v) is 7.68. The zero-order valence-corrected chi connectivity index (χ0v) is 17.1. The van der Waals surface area contributed by atoms with Gasteiger partial charge in [0.1, 0.15) is 5.75 Å². The van der Waals surface area contributed by atoms with E-state index in [-0.39, 0.29) is 12.5 Å². The summed E-state index contributed by atoms with van der Waals surface area (Å²) in [4.78, 5) is 26.2. The number of hydrogen-bond donors (Lipinski definition) is 2. The number of nitrogens with two attached hydrogens (primary N) is 1. The van der Waals surface area contributed by atoms with Crippen LogP contribution in [0.3, 0.4) is 0 Å². The number of carbonyl (C=O) groups is 2. The number of nitrogens with one attached hydrogen (secondary N) is 1. The lowest BCUT2D eigenvalue weighted by molar-refractivity contribution is -0.118. The normalized spacial score (nSPS) is 13.9. The number of rotatable bonds is 6. The zero-order valence-electron chi connectivity index (χ0n) is 14.9. The molecule has 7 heteroatoms. The standard InChI is InChI=1S/C20H22IN3O3/c21-15-5-7-16(8-6-15)27-13-19(25)23-17-12-14(20(22)26)4-9-18(17)24-10-2-1-3-11-24/h4-9,12H,1-3,10-11,13H2,(H2,22,26)(H,23,25). The Bertz CT molecular complexity index is 818. The van der Waals surface area contributed by atoms with Crippen LogP contribution in [0.15, 0.2) is 42.5 Å². The highest BCUT2D eigenvalue weighted by Crippen LogP contribution is 2.29. The van der Waals surface area contributed by atoms with Crippen LogP contribution in [0, 0.1) is 3.57 Å². The minimum Gasteiger partial charge on any atom is -0.484 e. The van der Waals surface area contributed by atoms with Gasteiger partial charge in [-0.05, 0) is 84.3 Å². The van der Waals surface area contributed by atoms with Crippen molar-refractivity contribution in [3.05, 3.63) is 51.6 Å². The smallest absolute Gasteiger partial charge is 0.262 e. The molecule has 3 N–H and O–H groups in total. The summed E-state index contributed by atoms with van der Waals surface area (Å²) >= 11 is 2.21. The van der Waals surface area contributed by atoms with E-state index in [1.54, 1.807) is 12.1 Å². The zero-order chi connectivity index (χ0) is 19.2. The van der Waals surface area contributed by atoms with Gasteiger partial charge in [-0.15, -0.1) is 0 Å². The van der Waals surface area contributed by atoms with Gasteiger partial charge in [0.25, 0.3) is 5.91 Å². The minimum absolute atomic E-state index is 0.110. The van der Waals surface area contributed by atoms with Crippen LogP contribution >= 0.6 is 22.6 Å². The maximum Gasteiger partial charge on any atom is 0.262 e. The van der Waals surface area contributed by atoms with E-state index in [0.29, 0.717) is 17.0 Å². The van der Waals surface area contributed by atoms with Crippen LogP contribution in [-0.4, -0.2) is 31.5 Å². The molecule has 2 aromatic rings. The Balaban J connectivity index is 1.72. The maximum absolute atomic E-state index is 12.4. The summed E-state index contributed by atoms with van der Waals surface area (Å²) in [7, 11) is 0. The molecule has 3 rings (SSSR count). The summed E-state index contributed by atoms with van der Waals surface area (Å²) in [6, 6.07) is 12.7. The molecule has 0 spiro atoms. The topological polar surface area (TPSA) is 84.7 Å². The van der Waals surface area contributed by atoms with Crippen molar-refractivity contribution >= 4 is 45.8 Å². The molecule has 1 aliphatic heterocycles. The van der Waals surface area contributed by atoms with Gasteiger partial charge in [0.2, 0.25) is 5.91 Å². The van der Waals surface area contributed by atoms with Gasteiger partial charge in [-0.3, -0.25) is 9.59 Å². The number of halogens is 1. The lowest BCUT2D eigenvalue weighted by Gasteiger charge is -2.30. The monoisotopic (exact) mass is 479 g/mol. The molecule has 27 heavy (non-hydrogen) atoms. The van der Waals surface area contributed by atoms with Crippen molar-refractivity contribution < 1.29 is 14.3 Å². The summed E-state index contributed by atoms with van der Waals surface area (Å²) in [6.45, 7) is 1.75. The Morgan fingerprint density at radius 3 is 2.44 bits per heavy atom. The third kappa shape index (κ3) is 5.35. The average Bonchev–Trinajstić information content (AvgIpc) is 2.68. The van der Waals surface area contributed by atoms with E-state index < -0.39 is 5.91 Å². The van der Waals surface area contributed by atoms with E-state index in [1.165, 1.54) is 6.42 Å². The van der Waals surface area contributed by atoms with Crippen molar-refractivity contribution in [2.24, 2.45) is 5.73 Å². The van der Waals surface area contributed by atoms with Gasteiger partial charge in [-0.25, -0.2) is 0 Å². The maximum atomic E-state index is 12.4. The van der Waals surface area contributed by atoms with Crippen LogP contribution < -0.4 is 20.7 Å². The van der Waals surface area contributed by atoms with Crippen molar-refractivity contribution in [3.63, 3.8) is 0 Å². The SMILES string of the molecule is NC(=O)c1ccc(N2CCCCC2)c(NC(=O)COc2ccc(I)cc2)c1. The fourth-order valence-electron chi connectivity index (χ4n) is 3.07. The molecule has 2 amide bonds. The molecule has 0 radical (unpaired) electrons. The Hall–Kier alpha value is -2.29. The number of hydrogen-bond acceptors (Lipinski definition) is 4. The van der Waals surface area contributed by atoms with E-state index in [9.17, 15) is 9.59 Å². The number of primary amides is 1. The van der Waals surface area contributed by atoms with Crippen LogP contribution in [-0.2, 0) is 4.79 Å². The Kier molecular flexibility index (Phi) is 6.54. The molecular formula is C20H22IN3O3. The second-order valence-electron chi connectivity index (χ2n) is 6.43. The van der Waals surface area contributed by atoms with Gasteiger partial charge in [-0.1, -0.05) is 0 Å². The van der Waals surface area contributed by atoms with Crippen molar-refractivity contribution in [3.8, 4) is 5.75 Å². The van der Waals surface area contributed by atoms with E-state index in [2.05, 4.69) is 32.8 Å². The molecule has 0 aliphatic carbocycles.